The van der Waals surface area contributed by atoms with Crippen molar-refractivity contribution in [3.05, 3.63) is 24.3 Å². The highest BCUT2D eigenvalue weighted by atomic mass is 35.5. The van der Waals surface area contributed by atoms with Crippen molar-refractivity contribution >= 4 is 21.6 Å². The molecule has 0 amide bonds. The number of halogens is 1. The Bertz CT molecular complexity index is 399. The van der Waals surface area contributed by atoms with Crippen LogP contribution in [-0.2, 0) is 10.0 Å². The molecule has 0 aromatic heterocycles. The number of ether oxygens (including phenoxy) is 1. The van der Waals surface area contributed by atoms with Gasteiger partial charge >= 0.3 is 0 Å². The van der Waals surface area contributed by atoms with E-state index in [1.54, 1.807) is 6.92 Å². The van der Waals surface area contributed by atoms with Crippen LogP contribution in [-0.4, -0.2) is 14.0 Å². The zero-order valence-electron chi connectivity index (χ0n) is 7.48. The van der Waals surface area contributed by atoms with Crippen molar-refractivity contribution in [1.29, 1.82) is 0 Å². The fourth-order valence-corrected chi connectivity index (χ4v) is 1.51. The summed E-state index contributed by atoms with van der Waals surface area (Å²) in [5, 5.41) is 4.91. The molecule has 1 unspecified atom stereocenters. The van der Waals surface area contributed by atoms with Crippen LogP contribution in [0.2, 0.25) is 0 Å². The van der Waals surface area contributed by atoms with E-state index in [2.05, 4.69) is 0 Å². The van der Waals surface area contributed by atoms with Gasteiger partial charge in [-0.3, -0.25) is 0 Å². The maximum absolute atomic E-state index is 10.9. The number of sulfonamides is 1. The largest absolute Gasteiger partial charge is 0.475 e. The number of primary sulfonamides is 1. The van der Waals surface area contributed by atoms with E-state index in [0.29, 0.717) is 5.75 Å². The molecule has 1 rings (SSSR count). The van der Waals surface area contributed by atoms with Gasteiger partial charge in [0.2, 0.25) is 10.0 Å². The van der Waals surface area contributed by atoms with Crippen molar-refractivity contribution in [2.24, 2.45) is 5.14 Å². The molecule has 0 aliphatic rings. The topological polar surface area (TPSA) is 69.4 Å². The van der Waals surface area contributed by atoms with Gasteiger partial charge in [-0.15, -0.1) is 0 Å². The van der Waals surface area contributed by atoms with Crippen molar-refractivity contribution in [3.63, 3.8) is 0 Å². The standard InChI is InChI=1S/C8H10ClNO3S/c1-6(9)13-7-2-4-8(5-3-7)14(10,11)12/h2-6H,1H3,(H2,10,11,12). The van der Waals surface area contributed by atoms with E-state index in [4.69, 9.17) is 21.5 Å². The fraction of sp³-hybridized carbons (Fsp3) is 0.250. The van der Waals surface area contributed by atoms with Gasteiger partial charge < -0.3 is 4.74 Å². The first-order chi connectivity index (χ1) is 6.39. The van der Waals surface area contributed by atoms with Crippen molar-refractivity contribution in [2.45, 2.75) is 17.4 Å². The average Bonchev–Trinajstić information content (AvgIpc) is 2.02. The Morgan fingerprint density at radius 3 is 2.21 bits per heavy atom. The van der Waals surface area contributed by atoms with Crippen molar-refractivity contribution in [1.82, 2.24) is 0 Å². The molecule has 0 spiro atoms. The lowest BCUT2D eigenvalue weighted by atomic mass is 10.3. The lowest BCUT2D eigenvalue weighted by Crippen LogP contribution is -2.12. The molecule has 0 aliphatic heterocycles. The molecule has 0 bridgehead atoms. The van der Waals surface area contributed by atoms with Crippen molar-refractivity contribution in [3.8, 4) is 5.75 Å². The third-order valence-corrected chi connectivity index (χ3v) is 2.47. The van der Waals surface area contributed by atoms with Gasteiger partial charge in [-0.25, -0.2) is 13.6 Å². The Kier molecular flexibility index (Phi) is 3.36. The monoisotopic (exact) mass is 235 g/mol. The maximum Gasteiger partial charge on any atom is 0.238 e. The van der Waals surface area contributed by atoms with E-state index < -0.39 is 15.6 Å². The van der Waals surface area contributed by atoms with Gasteiger partial charge in [-0.05, 0) is 31.2 Å². The summed E-state index contributed by atoms with van der Waals surface area (Å²) >= 11 is 5.58. The van der Waals surface area contributed by atoms with Gasteiger partial charge in [0.1, 0.15) is 5.75 Å². The normalized spacial score (nSPS) is 13.6. The van der Waals surface area contributed by atoms with Crippen LogP contribution in [0.4, 0.5) is 0 Å². The van der Waals surface area contributed by atoms with Gasteiger partial charge in [0.25, 0.3) is 0 Å². The first-order valence-electron chi connectivity index (χ1n) is 3.83. The highest BCUT2D eigenvalue weighted by Gasteiger charge is 2.07. The molecule has 1 aromatic rings. The van der Waals surface area contributed by atoms with Crippen molar-refractivity contribution < 1.29 is 13.2 Å². The molecule has 14 heavy (non-hydrogen) atoms. The third-order valence-electron chi connectivity index (χ3n) is 1.45. The molecule has 4 nitrogen and oxygen atoms in total. The first kappa shape index (κ1) is 11.3. The van der Waals surface area contributed by atoms with Gasteiger partial charge in [0.05, 0.1) is 4.90 Å². The number of hydrogen-bond donors (Lipinski definition) is 1. The lowest BCUT2D eigenvalue weighted by Gasteiger charge is -2.07. The molecule has 1 atom stereocenters. The van der Waals surface area contributed by atoms with Gasteiger partial charge in [-0.2, -0.15) is 0 Å². The number of rotatable bonds is 3. The first-order valence-corrected chi connectivity index (χ1v) is 5.81. The van der Waals surface area contributed by atoms with Gasteiger partial charge in [0.15, 0.2) is 5.56 Å². The van der Waals surface area contributed by atoms with E-state index in [0.717, 1.165) is 0 Å². The molecule has 2 N–H and O–H groups in total. The predicted octanol–water partition coefficient (Wildman–Crippen LogP) is 1.30. The number of alkyl halides is 1. The zero-order chi connectivity index (χ0) is 10.8. The molecular formula is C8H10ClNO3S. The average molecular weight is 236 g/mol. The van der Waals surface area contributed by atoms with E-state index in [1.807, 2.05) is 0 Å². The summed E-state index contributed by atoms with van der Waals surface area (Å²) in [5.74, 6) is 0.500. The second-order valence-corrected chi connectivity index (χ2v) is 4.85. The molecule has 0 aliphatic carbocycles. The summed E-state index contributed by atoms with van der Waals surface area (Å²) in [6.07, 6.45) is 0. The molecule has 78 valence electrons. The summed E-state index contributed by atoms with van der Waals surface area (Å²) in [7, 11) is -3.64. The number of nitrogens with two attached hydrogens (primary N) is 1. The minimum absolute atomic E-state index is 0.0482. The van der Waals surface area contributed by atoms with Crippen LogP contribution in [0.3, 0.4) is 0 Å². The summed E-state index contributed by atoms with van der Waals surface area (Å²) in [6.45, 7) is 1.66. The zero-order valence-corrected chi connectivity index (χ0v) is 9.05. The quantitative estimate of drug-likeness (QED) is 0.803. The Hall–Kier alpha value is -0.780. The SMILES string of the molecule is CC(Cl)Oc1ccc(S(N)(=O)=O)cc1. The van der Waals surface area contributed by atoms with E-state index >= 15 is 0 Å². The number of benzene rings is 1. The highest BCUT2D eigenvalue weighted by Crippen LogP contribution is 2.16. The summed E-state index contributed by atoms with van der Waals surface area (Å²) in [6, 6.07) is 5.73. The predicted molar refractivity (Wildman–Crippen MR) is 53.8 cm³/mol. The van der Waals surface area contributed by atoms with E-state index in [1.165, 1.54) is 24.3 Å². The van der Waals surface area contributed by atoms with Crippen LogP contribution in [0.1, 0.15) is 6.92 Å². The van der Waals surface area contributed by atoms with Crippen LogP contribution in [0, 0.1) is 0 Å². The Morgan fingerprint density at radius 1 is 1.36 bits per heavy atom. The molecule has 0 heterocycles. The molecule has 0 saturated heterocycles. The second-order valence-electron chi connectivity index (χ2n) is 2.68. The summed E-state index contributed by atoms with van der Waals surface area (Å²) in [5.41, 5.74) is -0.463. The highest BCUT2D eigenvalue weighted by molar-refractivity contribution is 7.89. The Morgan fingerprint density at radius 2 is 1.86 bits per heavy atom. The lowest BCUT2D eigenvalue weighted by molar-refractivity contribution is 0.301. The van der Waals surface area contributed by atoms with Crippen LogP contribution >= 0.6 is 11.6 Å². The smallest absolute Gasteiger partial charge is 0.238 e. The second kappa shape index (κ2) is 4.16. The maximum atomic E-state index is 10.9. The summed E-state index contributed by atoms with van der Waals surface area (Å²) < 4.78 is 26.9. The molecule has 0 fully saturated rings. The Labute approximate surface area is 87.7 Å². The van der Waals surface area contributed by atoms with Gasteiger partial charge in [-0.1, -0.05) is 11.6 Å². The minimum Gasteiger partial charge on any atom is -0.475 e. The van der Waals surface area contributed by atoms with Crippen LogP contribution in [0.5, 0.6) is 5.75 Å². The van der Waals surface area contributed by atoms with Crippen LogP contribution in [0.25, 0.3) is 0 Å². The molecule has 0 radical (unpaired) electrons. The van der Waals surface area contributed by atoms with Crippen LogP contribution in [0.15, 0.2) is 29.2 Å². The molecule has 1 aromatic carbocycles. The summed E-state index contributed by atoms with van der Waals surface area (Å²) in [4.78, 5) is 0.0482. The van der Waals surface area contributed by atoms with Crippen molar-refractivity contribution in [2.75, 3.05) is 0 Å². The minimum atomic E-state index is -3.64. The Balaban J connectivity index is 2.90. The van der Waals surface area contributed by atoms with E-state index in [-0.39, 0.29) is 4.90 Å². The molecular weight excluding hydrogens is 226 g/mol. The molecule has 6 heteroatoms. The van der Waals surface area contributed by atoms with Crippen LogP contribution < -0.4 is 9.88 Å². The van der Waals surface area contributed by atoms with E-state index in [9.17, 15) is 8.42 Å². The number of hydrogen-bond acceptors (Lipinski definition) is 3. The van der Waals surface area contributed by atoms with Gasteiger partial charge in [0, 0.05) is 0 Å². The fourth-order valence-electron chi connectivity index (χ4n) is 0.895. The molecule has 0 saturated carbocycles. The third kappa shape index (κ3) is 3.17.